The second kappa shape index (κ2) is 12.2. The van der Waals surface area contributed by atoms with Crippen molar-refractivity contribution < 1.29 is 21.1 Å². The van der Waals surface area contributed by atoms with E-state index in [-0.39, 0.29) is 26.5 Å². The summed E-state index contributed by atoms with van der Waals surface area (Å²) >= 11 is 0. The SMILES string of the molecule is CC(C)(C)c1ccnc(-c2[c-]c(C3(c4[c-]c(-c5ccccn5)c5cccnc5c4)c4ccccc4-c4ccccc43)cc3ncccc23)c1.[Pt+2]. The predicted octanol–water partition coefficient (Wildman–Crippen LogP) is 10.2. The minimum Gasteiger partial charge on any atom is -0.305 e. The Bertz CT molecular complexity index is 2510. The Kier molecular flexibility index (Phi) is 7.81. The fraction of sp³-hybridized carbons (Fsp3) is 0.111. The maximum absolute atomic E-state index is 4.94. The molecule has 0 aliphatic heterocycles. The molecule has 0 saturated carbocycles. The van der Waals surface area contributed by atoms with Crippen LogP contribution in [0.15, 0.2) is 140 Å². The molecule has 0 unspecified atom stereocenters. The second-order valence-corrected chi connectivity index (χ2v) is 13.7. The van der Waals surface area contributed by atoms with E-state index < -0.39 is 5.41 Å². The first kappa shape index (κ1) is 31.9. The molecule has 4 heterocycles. The normalized spacial score (nSPS) is 13.1. The molecule has 4 nitrogen and oxygen atoms in total. The monoisotopic (exact) mass is 823 g/mol. The van der Waals surface area contributed by atoms with Gasteiger partial charge in [0.1, 0.15) is 0 Å². The van der Waals surface area contributed by atoms with Gasteiger partial charge in [0.15, 0.2) is 0 Å². The first-order chi connectivity index (χ1) is 23.9. The maximum atomic E-state index is 4.94. The minimum atomic E-state index is -0.787. The van der Waals surface area contributed by atoms with Crippen LogP contribution in [0.4, 0.5) is 0 Å². The molecule has 1 aliphatic carbocycles. The first-order valence-corrected chi connectivity index (χ1v) is 16.6. The van der Waals surface area contributed by atoms with E-state index in [2.05, 4.69) is 118 Å². The van der Waals surface area contributed by atoms with Crippen LogP contribution in [0.2, 0.25) is 0 Å². The molecule has 0 amide bonds. The van der Waals surface area contributed by atoms with E-state index in [1.807, 2.05) is 55.1 Å². The Labute approximate surface area is 306 Å². The summed E-state index contributed by atoms with van der Waals surface area (Å²) in [5, 5.41) is 2.02. The van der Waals surface area contributed by atoms with E-state index in [9.17, 15) is 0 Å². The standard InChI is InChI=1S/C45H32N4.Pt/c1-44(2,3)29-19-23-49-43(26-29)37-25-31(28-42-35(37)15-11-22-48-42)45(38-16-6-4-12-32(38)33-13-5-7-17-39(33)45)30-24-36(40-18-8-9-20-46-40)34-14-10-21-47-41(34)27-30;/h4-23,26-28H,1-3H3;/q-2;+2. The summed E-state index contributed by atoms with van der Waals surface area (Å²) < 4.78 is 0. The molecule has 242 valence electrons. The van der Waals surface area contributed by atoms with Crippen molar-refractivity contribution in [3.63, 3.8) is 0 Å². The molecule has 0 saturated heterocycles. The first-order valence-electron chi connectivity index (χ1n) is 16.6. The Balaban J connectivity index is 0.00000361. The molecule has 1 aliphatic rings. The number of hydrogen-bond donors (Lipinski definition) is 0. The average molecular weight is 824 g/mol. The van der Waals surface area contributed by atoms with Crippen molar-refractivity contribution >= 4 is 21.8 Å². The molecule has 0 radical (unpaired) electrons. The molecule has 4 aromatic carbocycles. The molecule has 5 heteroatoms. The smallest absolute Gasteiger partial charge is 0.305 e. The van der Waals surface area contributed by atoms with E-state index in [0.717, 1.165) is 55.4 Å². The van der Waals surface area contributed by atoms with Crippen molar-refractivity contribution in [2.75, 3.05) is 0 Å². The molecule has 0 N–H and O–H groups in total. The van der Waals surface area contributed by atoms with Gasteiger partial charge in [0.05, 0.1) is 0 Å². The van der Waals surface area contributed by atoms with Gasteiger partial charge in [-0.15, -0.1) is 46.5 Å². The van der Waals surface area contributed by atoms with Gasteiger partial charge >= 0.3 is 21.1 Å². The molecule has 0 spiro atoms. The Morgan fingerprint density at radius 3 is 1.58 bits per heavy atom. The van der Waals surface area contributed by atoms with Gasteiger partial charge in [-0.05, 0) is 67.8 Å². The number of aromatic nitrogens is 4. The van der Waals surface area contributed by atoms with Gasteiger partial charge in [0, 0.05) is 30.2 Å². The third kappa shape index (κ3) is 4.93. The van der Waals surface area contributed by atoms with Crippen LogP contribution in [-0.2, 0) is 31.9 Å². The summed E-state index contributed by atoms with van der Waals surface area (Å²) in [7, 11) is 0. The van der Waals surface area contributed by atoms with Gasteiger partial charge in [-0.25, -0.2) is 0 Å². The fourth-order valence-corrected chi connectivity index (χ4v) is 7.55. The summed E-state index contributed by atoms with van der Waals surface area (Å²) in [6, 6.07) is 48.3. The van der Waals surface area contributed by atoms with Crippen LogP contribution >= 0.6 is 0 Å². The van der Waals surface area contributed by atoms with Crippen LogP contribution in [0.25, 0.3) is 55.4 Å². The van der Waals surface area contributed by atoms with E-state index in [1.54, 1.807) is 0 Å². The number of fused-ring (bicyclic) bond motifs is 5. The van der Waals surface area contributed by atoms with Crippen molar-refractivity contribution in [3.05, 3.63) is 180 Å². The van der Waals surface area contributed by atoms with Crippen LogP contribution in [0.1, 0.15) is 48.6 Å². The van der Waals surface area contributed by atoms with Crippen LogP contribution in [0, 0.1) is 12.1 Å². The van der Waals surface area contributed by atoms with Crippen molar-refractivity contribution in [1.29, 1.82) is 0 Å². The van der Waals surface area contributed by atoms with Crippen molar-refractivity contribution in [2.45, 2.75) is 31.6 Å². The molecule has 4 aromatic heterocycles. The van der Waals surface area contributed by atoms with Crippen LogP contribution in [0.5, 0.6) is 0 Å². The van der Waals surface area contributed by atoms with Crippen LogP contribution in [0.3, 0.4) is 0 Å². The molecular weight excluding hydrogens is 792 g/mol. The zero-order chi connectivity index (χ0) is 33.2. The van der Waals surface area contributed by atoms with E-state index >= 15 is 0 Å². The summed E-state index contributed by atoms with van der Waals surface area (Å²) in [6.45, 7) is 6.70. The third-order valence-electron chi connectivity index (χ3n) is 9.86. The van der Waals surface area contributed by atoms with Crippen molar-refractivity contribution in [1.82, 2.24) is 19.9 Å². The average Bonchev–Trinajstić information content (AvgIpc) is 3.45. The van der Waals surface area contributed by atoms with E-state index in [0.29, 0.717) is 0 Å². The van der Waals surface area contributed by atoms with Gasteiger partial charge in [0.2, 0.25) is 0 Å². The number of pyridine rings is 4. The summed E-state index contributed by atoms with van der Waals surface area (Å²) in [5.41, 5.74) is 12.4. The molecule has 0 fully saturated rings. The topological polar surface area (TPSA) is 51.6 Å². The maximum Gasteiger partial charge on any atom is 2.00 e. The molecular formula is C45H32N4Pt. The molecule has 0 bridgehead atoms. The Morgan fingerprint density at radius 2 is 1.02 bits per heavy atom. The van der Waals surface area contributed by atoms with Gasteiger partial charge < -0.3 is 9.97 Å². The Hall–Kier alpha value is -5.31. The third-order valence-corrected chi connectivity index (χ3v) is 9.86. The quantitative estimate of drug-likeness (QED) is 0.166. The van der Waals surface area contributed by atoms with Crippen LogP contribution in [-0.4, -0.2) is 19.9 Å². The number of rotatable bonds is 4. The zero-order valence-corrected chi connectivity index (χ0v) is 30.2. The van der Waals surface area contributed by atoms with Crippen molar-refractivity contribution in [2.24, 2.45) is 0 Å². The predicted molar refractivity (Wildman–Crippen MR) is 197 cm³/mol. The van der Waals surface area contributed by atoms with Gasteiger partial charge in [0.25, 0.3) is 0 Å². The molecule has 8 aromatic rings. The van der Waals surface area contributed by atoms with E-state index in [1.165, 1.54) is 27.8 Å². The molecule has 9 rings (SSSR count). The van der Waals surface area contributed by atoms with E-state index in [4.69, 9.17) is 19.9 Å². The Morgan fingerprint density at radius 1 is 0.500 bits per heavy atom. The largest absolute Gasteiger partial charge is 2.00 e. The minimum absolute atomic E-state index is 0. The second-order valence-electron chi connectivity index (χ2n) is 13.7. The molecule has 0 atom stereocenters. The van der Waals surface area contributed by atoms with Gasteiger partial charge in [-0.1, -0.05) is 123 Å². The number of benzene rings is 4. The van der Waals surface area contributed by atoms with Crippen LogP contribution < -0.4 is 0 Å². The summed E-state index contributed by atoms with van der Waals surface area (Å²) in [4.78, 5) is 19.6. The number of nitrogens with zero attached hydrogens (tertiary/aromatic N) is 4. The molecule has 50 heavy (non-hydrogen) atoms. The van der Waals surface area contributed by atoms with Crippen molar-refractivity contribution in [3.8, 4) is 33.6 Å². The fourth-order valence-electron chi connectivity index (χ4n) is 7.55. The zero-order valence-electron chi connectivity index (χ0n) is 27.9. The van der Waals surface area contributed by atoms with Gasteiger partial charge in [-0.3, -0.25) is 9.97 Å². The number of hydrogen-bond acceptors (Lipinski definition) is 4. The van der Waals surface area contributed by atoms with Gasteiger partial charge in [-0.2, -0.15) is 0 Å². The summed E-state index contributed by atoms with van der Waals surface area (Å²) in [5.74, 6) is 0. The summed E-state index contributed by atoms with van der Waals surface area (Å²) in [6.07, 6.45) is 7.47.